The topological polar surface area (TPSA) is 55.1 Å². The van der Waals surface area contributed by atoms with Crippen molar-refractivity contribution in [1.82, 2.24) is 5.32 Å². The van der Waals surface area contributed by atoms with Crippen LogP contribution in [0.4, 0.5) is 0 Å². The number of hydrogen-bond acceptors (Lipinski definition) is 2. The highest BCUT2D eigenvalue weighted by Crippen LogP contribution is 2.15. The van der Waals surface area contributed by atoms with Gasteiger partial charge in [-0.15, -0.1) is 0 Å². The van der Waals surface area contributed by atoms with Gasteiger partial charge in [-0.05, 0) is 29.3 Å². The first-order valence-corrected chi connectivity index (χ1v) is 6.23. The minimum atomic E-state index is -0.0651. The molecule has 0 spiro atoms. The zero-order valence-electron chi connectivity index (χ0n) is 10.5. The summed E-state index contributed by atoms with van der Waals surface area (Å²) in [5, 5.41) is 5.06. The highest BCUT2D eigenvalue weighted by atomic mass is 16.1. The van der Waals surface area contributed by atoms with Crippen LogP contribution >= 0.6 is 0 Å². The largest absolute Gasteiger partial charge is 0.350 e. The first kappa shape index (κ1) is 12.6. The Morgan fingerprint density at radius 2 is 1.94 bits per heavy atom. The maximum absolute atomic E-state index is 11.9. The Bertz CT molecular complexity index is 551. The highest BCUT2D eigenvalue weighted by Gasteiger charge is 2.07. The Labute approximate surface area is 107 Å². The molecule has 3 N–H and O–H groups in total. The molecule has 0 aromatic heterocycles. The molecule has 94 valence electrons. The molecule has 2 rings (SSSR count). The molecule has 0 bridgehead atoms. The van der Waals surface area contributed by atoms with E-state index >= 15 is 0 Å². The molecule has 1 amide bonds. The predicted octanol–water partition coefficient (Wildman–Crippen LogP) is 2.31. The minimum Gasteiger partial charge on any atom is -0.350 e. The third-order valence-corrected chi connectivity index (χ3v) is 3.06. The second kappa shape index (κ2) is 5.65. The maximum Gasteiger partial charge on any atom is 0.251 e. The van der Waals surface area contributed by atoms with Gasteiger partial charge >= 0.3 is 0 Å². The van der Waals surface area contributed by atoms with E-state index in [1.54, 1.807) is 0 Å². The van der Waals surface area contributed by atoms with E-state index in [9.17, 15) is 4.79 Å². The number of nitrogens with one attached hydrogen (secondary N) is 1. The van der Waals surface area contributed by atoms with E-state index in [0.29, 0.717) is 12.1 Å². The van der Waals surface area contributed by atoms with Gasteiger partial charge in [0.1, 0.15) is 0 Å². The van der Waals surface area contributed by atoms with Crippen molar-refractivity contribution in [2.75, 3.05) is 6.54 Å². The van der Waals surface area contributed by atoms with Crippen LogP contribution < -0.4 is 11.1 Å². The van der Waals surface area contributed by atoms with E-state index in [-0.39, 0.29) is 11.9 Å². The first-order valence-electron chi connectivity index (χ1n) is 6.23. The lowest BCUT2D eigenvalue weighted by atomic mass is 10.1. The quantitative estimate of drug-likeness (QED) is 0.864. The van der Waals surface area contributed by atoms with Crippen LogP contribution in [0.15, 0.2) is 42.5 Å². The number of hydrogen-bond donors (Lipinski definition) is 2. The number of carbonyl (C=O) groups is 1. The molecule has 0 aliphatic heterocycles. The fourth-order valence-corrected chi connectivity index (χ4v) is 1.80. The van der Waals surface area contributed by atoms with Gasteiger partial charge in [-0.3, -0.25) is 4.79 Å². The van der Waals surface area contributed by atoms with Gasteiger partial charge in [0, 0.05) is 18.2 Å². The molecule has 0 aliphatic carbocycles. The monoisotopic (exact) mass is 242 g/mol. The van der Waals surface area contributed by atoms with Crippen LogP contribution in [0.25, 0.3) is 10.8 Å². The van der Waals surface area contributed by atoms with Crippen LogP contribution in [0.2, 0.25) is 0 Å². The molecule has 0 heterocycles. The van der Waals surface area contributed by atoms with E-state index < -0.39 is 0 Å². The first-order chi connectivity index (χ1) is 8.70. The van der Waals surface area contributed by atoms with Crippen LogP contribution in [0.5, 0.6) is 0 Å². The molecule has 1 unspecified atom stereocenters. The van der Waals surface area contributed by atoms with Crippen molar-refractivity contribution in [2.24, 2.45) is 5.73 Å². The van der Waals surface area contributed by atoms with E-state index in [2.05, 4.69) is 5.32 Å². The Balaban J connectivity index is 2.13. The summed E-state index contributed by atoms with van der Waals surface area (Å²) < 4.78 is 0. The lowest BCUT2D eigenvalue weighted by Gasteiger charge is -2.10. The average molecular weight is 242 g/mol. The zero-order valence-corrected chi connectivity index (χ0v) is 10.5. The van der Waals surface area contributed by atoms with Crippen LogP contribution in [0.1, 0.15) is 23.7 Å². The van der Waals surface area contributed by atoms with Gasteiger partial charge in [0.15, 0.2) is 0 Å². The Kier molecular flexibility index (Phi) is 3.95. The summed E-state index contributed by atoms with van der Waals surface area (Å²) in [5.41, 5.74) is 6.45. The van der Waals surface area contributed by atoms with Gasteiger partial charge in [-0.1, -0.05) is 37.3 Å². The highest BCUT2D eigenvalue weighted by molar-refractivity contribution is 5.98. The van der Waals surface area contributed by atoms with Crippen molar-refractivity contribution in [3.05, 3.63) is 48.0 Å². The molecule has 18 heavy (non-hydrogen) atoms. The van der Waals surface area contributed by atoms with Crippen molar-refractivity contribution in [1.29, 1.82) is 0 Å². The lowest BCUT2D eigenvalue weighted by Crippen LogP contribution is -2.36. The van der Waals surface area contributed by atoms with Crippen molar-refractivity contribution >= 4 is 16.7 Å². The summed E-state index contributed by atoms with van der Waals surface area (Å²) in [6.45, 7) is 2.52. The number of benzene rings is 2. The molecule has 3 heteroatoms. The molecule has 2 aromatic rings. The van der Waals surface area contributed by atoms with E-state index in [4.69, 9.17) is 5.73 Å². The number of amides is 1. The van der Waals surface area contributed by atoms with Gasteiger partial charge < -0.3 is 11.1 Å². The van der Waals surface area contributed by atoms with Crippen LogP contribution in [0.3, 0.4) is 0 Å². The van der Waals surface area contributed by atoms with Crippen molar-refractivity contribution in [3.8, 4) is 0 Å². The second-order valence-electron chi connectivity index (χ2n) is 4.44. The summed E-state index contributed by atoms with van der Waals surface area (Å²) in [4.78, 5) is 11.9. The third kappa shape index (κ3) is 2.87. The van der Waals surface area contributed by atoms with Gasteiger partial charge in [0.05, 0.1) is 0 Å². The van der Waals surface area contributed by atoms with Crippen molar-refractivity contribution in [3.63, 3.8) is 0 Å². The maximum atomic E-state index is 11.9. The normalized spacial score (nSPS) is 12.3. The molecule has 0 saturated heterocycles. The minimum absolute atomic E-state index is 0.0226. The van der Waals surface area contributed by atoms with Gasteiger partial charge in [0.25, 0.3) is 5.91 Å². The molecule has 2 aromatic carbocycles. The van der Waals surface area contributed by atoms with Crippen LogP contribution in [-0.4, -0.2) is 18.5 Å². The molecular weight excluding hydrogens is 224 g/mol. The van der Waals surface area contributed by atoms with Crippen molar-refractivity contribution in [2.45, 2.75) is 19.4 Å². The molecular formula is C15H18N2O. The van der Waals surface area contributed by atoms with Crippen molar-refractivity contribution < 1.29 is 4.79 Å². The molecule has 0 saturated carbocycles. The van der Waals surface area contributed by atoms with Gasteiger partial charge in [0.2, 0.25) is 0 Å². The standard InChI is InChI=1S/C15H18N2O/c1-2-14(16)10-17-15(18)13-8-7-11-5-3-4-6-12(11)9-13/h3-9,14H,2,10,16H2,1H3,(H,17,18). The number of rotatable bonds is 4. The zero-order chi connectivity index (χ0) is 13.0. The van der Waals surface area contributed by atoms with E-state index in [1.807, 2.05) is 49.4 Å². The predicted molar refractivity (Wildman–Crippen MR) is 74.5 cm³/mol. The fraction of sp³-hybridized carbons (Fsp3) is 0.267. The molecule has 1 atom stereocenters. The lowest BCUT2D eigenvalue weighted by molar-refractivity contribution is 0.0951. The average Bonchev–Trinajstić information content (AvgIpc) is 2.43. The Morgan fingerprint density at radius 3 is 2.67 bits per heavy atom. The molecule has 3 nitrogen and oxygen atoms in total. The van der Waals surface area contributed by atoms with Gasteiger partial charge in [-0.25, -0.2) is 0 Å². The number of fused-ring (bicyclic) bond motifs is 1. The summed E-state index contributed by atoms with van der Waals surface area (Å²) >= 11 is 0. The number of nitrogens with two attached hydrogens (primary N) is 1. The Hall–Kier alpha value is -1.87. The summed E-state index contributed by atoms with van der Waals surface area (Å²) in [7, 11) is 0. The van der Waals surface area contributed by atoms with Crippen LogP contribution in [0, 0.1) is 0 Å². The second-order valence-corrected chi connectivity index (χ2v) is 4.44. The molecule has 0 aliphatic rings. The molecule has 0 fully saturated rings. The smallest absolute Gasteiger partial charge is 0.251 e. The summed E-state index contributed by atoms with van der Waals surface area (Å²) in [5.74, 6) is -0.0651. The Morgan fingerprint density at radius 1 is 1.22 bits per heavy atom. The third-order valence-electron chi connectivity index (χ3n) is 3.06. The fourth-order valence-electron chi connectivity index (χ4n) is 1.80. The summed E-state index contributed by atoms with van der Waals surface area (Å²) in [6.07, 6.45) is 0.859. The van der Waals surface area contributed by atoms with E-state index in [0.717, 1.165) is 17.2 Å². The van der Waals surface area contributed by atoms with E-state index in [1.165, 1.54) is 0 Å². The van der Waals surface area contributed by atoms with Gasteiger partial charge in [-0.2, -0.15) is 0 Å². The molecule has 0 radical (unpaired) electrons. The summed E-state index contributed by atoms with van der Waals surface area (Å²) in [6, 6.07) is 13.7. The SMILES string of the molecule is CCC(N)CNC(=O)c1ccc2ccccc2c1. The van der Waals surface area contributed by atoms with Crippen LogP contribution in [-0.2, 0) is 0 Å². The number of carbonyl (C=O) groups excluding carboxylic acids is 1.